The van der Waals surface area contributed by atoms with Crippen molar-refractivity contribution >= 4 is 17.3 Å². The van der Waals surface area contributed by atoms with Gasteiger partial charge in [-0.05, 0) is 38.2 Å². The van der Waals surface area contributed by atoms with E-state index in [0.717, 1.165) is 26.1 Å². The second-order valence-electron chi connectivity index (χ2n) is 4.64. The van der Waals surface area contributed by atoms with Gasteiger partial charge in [0.15, 0.2) is 0 Å². The van der Waals surface area contributed by atoms with Crippen molar-refractivity contribution in [2.24, 2.45) is 0 Å². The number of methoxy groups -OCH3 is 1. The van der Waals surface area contributed by atoms with Crippen LogP contribution in [0.4, 0.5) is 11.4 Å². The lowest BCUT2D eigenvalue weighted by Crippen LogP contribution is -2.25. The number of nitrogens with one attached hydrogen (secondary N) is 1. The van der Waals surface area contributed by atoms with Crippen molar-refractivity contribution in [2.45, 2.75) is 26.7 Å². The number of hydrogen-bond donors (Lipinski definition) is 2. The van der Waals surface area contributed by atoms with Crippen LogP contribution in [0.25, 0.3) is 0 Å². The van der Waals surface area contributed by atoms with E-state index < -0.39 is 0 Å². The van der Waals surface area contributed by atoms with E-state index in [4.69, 9.17) is 10.5 Å². The van der Waals surface area contributed by atoms with Crippen LogP contribution in [0.3, 0.4) is 0 Å². The lowest BCUT2D eigenvalue weighted by Gasteiger charge is -2.17. The summed E-state index contributed by atoms with van der Waals surface area (Å²) in [5, 5.41) is 2.86. The SMILES string of the molecule is CCN(CC)CCCC(=O)Nc1ccc(N)cc1OC. The van der Waals surface area contributed by atoms with E-state index in [1.165, 1.54) is 0 Å². The van der Waals surface area contributed by atoms with Gasteiger partial charge in [-0.15, -0.1) is 0 Å². The Morgan fingerprint density at radius 1 is 1.35 bits per heavy atom. The molecule has 0 aliphatic rings. The van der Waals surface area contributed by atoms with Gasteiger partial charge in [0.25, 0.3) is 0 Å². The van der Waals surface area contributed by atoms with Crippen molar-refractivity contribution in [3.05, 3.63) is 18.2 Å². The Morgan fingerprint density at radius 2 is 2.05 bits per heavy atom. The first-order chi connectivity index (χ1) is 9.60. The molecule has 0 aromatic heterocycles. The molecule has 1 aromatic carbocycles. The molecule has 0 radical (unpaired) electrons. The van der Waals surface area contributed by atoms with Crippen LogP contribution in [-0.4, -0.2) is 37.6 Å². The predicted molar refractivity (Wildman–Crippen MR) is 83.1 cm³/mol. The van der Waals surface area contributed by atoms with E-state index in [9.17, 15) is 4.79 Å². The van der Waals surface area contributed by atoms with Crippen LogP contribution in [0, 0.1) is 0 Å². The number of amides is 1. The summed E-state index contributed by atoms with van der Waals surface area (Å²) in [4.78, 5) is 14.2. The molecule has 0 heterocycles. The van der Waals surface area contributed by atoms with Crippen LogP contribution < -0.4 is 15.8 Å². The molecule has 0 spiro atoms. The fourth-order valence-electron chi connectivity index (χ4n) is 2.03. The molecule has 0 saturated carbocycles. The largest absolute Gasteiger partial charge is 0.494 e. The van der Waals surface area contributed by atoms with Gasteiger partial charge in [-0.2, -0.15) is 0 Å². The fraction of sp³-hybridized carbons (Fsp3) is 0.533. The van der Waals surface area contributed by atoms with E-state index in [1.54, 1.807) is 25.3 Å². The zero-order valence-electron chi connectivity index (χ0n) is 12.6. The average Bonchev–Trinajstić information content (AvgIpc) is 2.45. The zero-order chi connectivity index (χ0) is 15.0. The number of carbonyl (C=O) groups excluding carboxylic acids is 1. The van der Waals surface area contributed by atoms with Crippen LogP contribution in [-0.2, 0) is 4.79 Å². The van der Waals surface area contributed by atoms with Crippen molar-refractivity contribution in [2.75, 3.05) is 37.8 Å². The Morgan fingerprint density at radius 3 is 2.65 bits per heavy atom. The first-order valence-corrected chi connectivity index (χ1v) is 7.06. The third-order valence-corrected chi connectivity index (χ3v) is 3.27. The van der Waals surface area contributed by atoms with Crippen molar-refractivity contribution < 1.29 is 9.53 Å². The summed E-state index contributed by atoms with van der Waals surface area (Å²) < 4.78 is 5.20. The highest BCUT2D eigenvalue weighted by Crippen LogP contribution is 2.26. The van der Waals surface area contributed by atoms with E-state index in [0.29, 0.717) is 23.5 Å². The smallest absolute Gasteiger partial charge is 0.224 e. The number of anilines is 2. The fourth-order valence-corrected chi connectivity index (χ4v) is 2.03. The number of rotatable bonds is 8. The topological polar surface area (TPSA) is 67.6 Å². The van der Waals surface area contributed by atoms with E-state index >= 15 is 0 Å². The van der Waals surface area contributed by atoms with Gasteiger partial charge in [0.05, 0.1) is 12.8 Å². The Bertz CT molecular complexity index is 431. The van der Waals surface area contributed by atoms with Gasteiger partial charge in [-0.3, -0.25) is 4.79 Å². The number of benzene rings is 1. The van der Waals surface area contributed by atoms with Crippen LogP contribution in [0.5, 0.6) is 5.75 Å². The molecule has 0 atom stereocenters. The molecule has 0 aliphatic heterocycles. The third-order valence-electron chi connectivity index (χ3n) is 3.27. The molecule has 0 bridgehead atoms. The lowest BCUT2D eigenvalue weighted by molar-refractivity contribution is -0.116. The Kier molecular flexibility index (Phi) is 6.87. The Labute approximate surface area is 121 Å². The van der Waals surface area contributed by atoms with Gasteiger partial charge in [0.1, 0.15) is 5.75 Å². The average molecular weight is 279 g/mol. The first kappa shape index (κ1) is 16.3. The molecule has 3 N–H and O–H groups in total. The minimum atomic E-state index is 0.000211. The molecule has 20 heavy (non-hydrogen) atoms. The lowest BCUT2D eigenvalue weighted by atomic mass is 10.2. The monoisotopic (exact) mass is 279 g/mol. The number of nitrogens with two attached hydrogens (primary N) is 1. The molecular formula is C15H25N3O2. The molecule has 0 aliphatic carbocycles. The van der Waals surface area contributed by atoms with Gasteiger partial charge in [-0.25, -0.2) is 0 Å². The van der Waals surface area contributed by atoms with Crippen LogP contribution in [0.15, 0.2) is 18.2 Å². The summed E-state index contributed by atoms with van der Waals surface area (Å²) in [6.45, 7) is 7.23. The Hall–Kier alpha value is -1.75. The van der Waals surface area contributed by atoms with E-state index in [2.05, 4.69) is 24.1 Å². The zero-order valence-corrected chi connectivity index (χ0v) is 12.6. The molecule has 5 nitrogen and oxygen atoms in total. The third kappa shape index (κ3) is 5.09. The number of nitrogen functional groups attached to an aromatic ring is 1. The van der Waals surface area contributed by atoms with Crippen molar-refractivity contribution in [3.63, 3.8) is 0 Å². The Balaban J connectivity index is 2.46. The van der Waals surface area contributed by atoms with Crippen molar-refractivity contribution in [1.29, 1.82) is 0 Å². The summed E-state index contributed by atoms with van der Waals surface area (Å²) in [6, 6.07) is 5.20. The molecule has 0 unspecified atom stereocenters. The highest BCUT2D eigenvalue weighted by Gasteiger charge is 2.08. The minimum Gasteiger partial charge on any atom is -0.494 e. The van der Waals surface area contributed by atoms with Crippen LogP contribution >= 0.6 is 0 Å². The van der Waals surface area contributed by atoms with Gasteiger partial charge < -0.3 is 20.7 Å². The molecule has 1 aromatic rings. The second-order valence-corrected chi connectivity index (χ2v) is 4.64. The summed E-state index contributed by atoms with van der Waals surface area (Å²) in [7, 11) is 1.56. The molecule has 0 fully saturated rings. The number of nitrogens with zero attached hydrogens (tertiary/aromatic N) is 1. The summed E-state index contributed by atoms with van der Waals surface area (Å²) in [5.41, 5.74) is 6.95. The number of hydrogen-bond acceptors (Lipinski definition) is 4. The van der Waals surface area contributed by atoms with E-state index in [1.807, 2.05) is 0 Å². The highest BCUT2D eigenvalue weighted by atomic mass is 16.5. The van der Waals surface area contributed by atoms with Crippen molar-refractivity contribution in [1.82, 2.24) is 4.90 Å². The molecule has 112 valence electrons. The predicted octanol–water partition coefficient (Wildman–Crippen LogP) is 2.34. The summed E-state index contributed by atoms with van der Waals surface area (Å²) >= 11 is 0. The maximum Gasteiger partial charge on any atom is 0.224 e. The molecule has 1 amide bonds. The first-order valence-electron chi connectivity index (χ1n) is 7.06. The van der Waals surface area contributed by atoms with Gasteiger partial charge in [0, 0.05) is 18.2 Å². The van der Waals surface area contributed by atoms with Gasteiger partial charge in [0.2, 0.25) is 5.91 Å². The van der Waals surface area contributed by atoms with Crippen molar-refractivity contribution in [3.8, 4) is 5.75 Å². The second kappa shape index (κ2) is 8.43. The molecule has 1 rings (SSSR count). The molecule has 0 saturated heterocycles. The summed E-state index contributed by atoms with van der Waals surface area (Å²) in [6.07, 6.45) is 1.36. The van der Waals surface area contributed by atoms with Crippen LogP contribution in [0.2, 0.25) is 0 Å². The number of carbonyl (C=O) groups is 1. The highest BCUT2D eigenvalue weighted by molar-refractivity contribution is 5.92. The quantitative estimate of drug-likeness (QED) is 0.717. The molecular weight excluding hydrogens is 254 g/mol. The maximum atomic E-state index is 11.9. The van der Waals surface area contributed by atoms with E-state index in [-0.39, 0.29) is 5.91 Å². The normalized spacial score (nSPS) is 10.6. The minimum absolute atomic E-state index is 0.000211. The summed E-state index contributed by atoms with van der Waals surface area (Å²) in [5.74, 6) is 0.585. The van der Waals surface area contributed by atoms with Gasteiger partial charge >= 0.3 is 0 Å². The standard InChI is InChI=1S/C15H25N3O2/c1-4-18(5-2)10-6-7-15(19)17-13-9-8-12(16)11-14(13)20-3/h8-9,11H,4-7,10,16H2,1-3H3,(H,17,19). The number of ether oxygens (including phenoxy) is 1. The molecule has 5 heteroatoms. The van der Waals surface area contributed by atoms with Crippen LogP contribution in [0.1, 0.15) is 26.7 Å². The van der Waals surface area contributed by atoms with Gasteiger partial charge in [-0.1, -0.05) is 13.8 Å². The maximum absolute atomic E-state index is 11.9.